The van der Waals surface area contributed by atoms with E-state index in [0.717, 1.165) is 13.0 Å². The Bertz CT molecular complexity index is 51.9. The number of ether oxygens (including phenoxy) is 1. The van der Waals surface area contributed by atoms with E-state index in [-0.39, 0.29) is 5.60 Å². The lowest BCUT2D eigenvalue weighted by Gasteiger charge is -2.18. The third-order valence-electron chi connectivity index (χ3n) is 0.679. The molecule has 0 aromatic carbocycles. The molecule has 0 unspecified atom stereocenters. The third kappa shape index (κ3) is 5.96. The SMILES string of the molecule is [CH2]CCOC(C)(C)C. The first-order valence-electron chi connectivity index (χ1n) is 2.99. The second-order valence-corrected chi connectivity index (χ2v) is 2.81. The first kappa shape index (κ1) is 7.96. The molecule has 0 bridgehead atoms. The summed E-state index contributed by atoms with van der Waals surface area (Å²) in [6.07, 6.45) is 0.858. The smallest absolute Gasteiger partial charge is 0.0598 e. The summed E-state index contributed by atoms with van der Waals surface area (Å²) >= 11 is 0. The van der Waals surface area contributed by atoms with Crippen LogP contribution in [0.1, 0.15) is 27.2 Å². The molecule has 0 amide bonds. The van der Waals surface area contributed by atoms with Crippen LogP contribution in [-0.2, 0) is 4.74 Å². The van der Waals surface area contributed by atoms with Crippen molar-refractivity contribution in [2.45, 2.75) is 32.8 Å². The van der Waals surface area contributed by atoms with Crippen LogP contribution in [0.25, 0.3) is 0 Å². The Hall–Kier alpha value is -0.0400. The molecule has 1 heteroatoms. The van der Waals surface area contributed by atoms with Crippen LogP contribution >= 0.6 is 0 Å². The molecule has 0 N–H and O–H groups in total. The largest absolute Gasteiger partial charge is 0.376 e. The summed E-state index contributed by atoms with van der Waals surface area (Å²) in [5.74, 6) is 0. The molecule has 0 aliphatic heterocycles. The van der Waals surface area contributed by atoms with E-state index >= 15 is 0 Å². The van der Waals surface area contributed by atoms with Gasteiger partial charge in [0.2, 0.25) is 0 Å². The van der Waals surface area contributed by atoms with Gasteiger partial charge in [-0.1, -0.05) is 6.92 Å². The molecule has 0 spiro atoms. The number of rotatable bonds is 2. The summed E-state index contributed by atoms with van der Waals surface area (Å²) in [6.45, 7) is 10.6. The Morgan fingerprint density at radius 3 is 2.00 bits per heavy atom. The van der Waals surface area contributed by atoms with Gasteiger partial charge in [0.25, 0.3) is 0 Å². The van der Waals surface area contributed by atoms with Crippen LogP contribution < -0.4 is 0 Å². The molecule has 8 heavy (non-hydrogen) atoms. The van der Waals surface area contributed by atoms with E-state index in [1.54, 1.807) is 0 Å². The van der Waals surface area contributed by atoms with Crippen molar-refractivity contribution in [3.63, 3.8) is 0 Å². The van der Waals surface area contributed by atoms with Gasteiger partial charge in [0.1, 0.15) is 0 Å². The Balaban J connectivity index is 3.11. The normalized spacial score (nSPS) is 12.0. The van der Waals surface area contributed by atoms with E-state index in [9.17, 15) is 0 Å². The van der Waals surface area contributed by atoms with Crippen LogP contribution in [-0.4, -0.2) is 12.2 Å². The maximum absolute atomic E-state index is 5.32. The highest BCUT2D eigenvalue weighted by atomic mass is 16.5. The van der Waals surface area contributed by atoms with Crippen LogP contribution in [0.15, 0.2) is 0 Å². The van der Waals surface area contributed by atoms with Gasteiger partial charge in [0.15, 0.2) is 0 Å². The molecule has 49 valence electrons. The average Bonchev–Trinajstić information content (AvgIpc) is 1.59. The molecule has 1 nitrogen and oxygen atoms in total. The van der Waals surface area contributed by atoms with Crippen molar-refractivity contribution in [2.75, 3.05) is 6.61 Å². The Morgan fingerprint density at radius 1 is 1.38 bits per heavy atom. The molecule has 0 saturated heterocycles. The predicted octanol–water partition coefficient (Wildman–Crippen LogP) is 2.03. The van der Waals surface area contributed by atoms with Crippen molar-refractivity contribution in [3.8, 4) is 0 Å². The van der Waals surface area contributed by atoms with Gasteiger partial charge in [0.05, 0.1) is 5.60 Å². The first-order valence-corrected chi connectivity index (χ1v) is 2.99. The summed E-state index contributed by atoms with van der Waals surface area (Å²) in [6, 6.07) is 0. The van der Waals surface area contributed by atoms with Gasteiger partial charge in [-0.05, 0) is 27.2 Å². The summed E-state index contributed by atoms with van der Waals surface area (Å²) in [5.41, 5.74) is 0.0116. The highest BCUT2D eigenvalue weighted by molar-refractivity contribution is 4.58. The molecular formula is C7H15O. The molecule has 0 aromatic heterocycles. The van der Waals surface area contributed by atoms with E-state index in [1.807, 2.05) is 20.8 Å². The molecule has 0 aromatic rings. The fourth-order valence-corrected chi connectivity index (χ4v) is 0.378. The van der Waals surface area contributed by atoms with Crippen LogP contribution in [0.5, 0.6) is 0 Å². The molecule has 0 aliphatic carbocycles. The van der Waals surface area contributed by atoms with E-state index < -0.39 is 0 Å². The van der Waals surface area contributed by atoms with Crippen LogP contribution in [0.2, 0.25) is 0 Å². The monoisotopic (exact) mass is 115 g/mol. The Morgan fingerprint density at radius 2 is 1.88 bits per heavy atom. The lowest BCUT2D eigenvalue weighted by atomic mass is 10.2. The second-order valence-electron chi connectivity index (χ2n) is 2.81. The predicted molar refractivity (Wildman–Crippen MR) is 35.7 cm³/mol. The van der Waals surface area contributed by atoms with E-state index in [4.69, 9.17) is 4.74 Å². The van der Waals surface area contributed by atoms with Crippen molar-refractivity contribution in [1.82, 2.24) is 0 Å². The minimum atomic E-state index is 0.0116. The van der Waals surface area contributed by atoms with Crippen molar-refractivity contribution in [3.05, 3.63) is 6.92 Å². The molecule has 0 aliphatic rings. The lowest BCUT2D eigenvalue weighted by molar-refractivity contribution is -0.000335. The highest BCUT2D eigenvalue weighted by Crippen LogP contribution is 2.05. The fourth-order valence-electron chi connectivity index (χ4n) is 0.378. The van der Waals surface area contributed by atoms with E-state index in [0.29, 0.717) is 0 Å². The summed E-state index contributed by atoms with van der Waals surface area (Å²) in [4.78, 5) is 0. The van der Waals surface area contributed by atoms with Gasteiger partial charge in [-0.2, -0.15) is 0 Å². The van der Waals surface area contributed by atoms with Crippen molar-refractivity contribution in [2.24, 2.45) is 0 Å². The zero-order chi connectivity index (χ0) is 6.62. The maximum atomic E-state index is 5.32. The van der Waals surface area contributed by atoms with Gasteiger partial charge < -0.3 is 4.74 Å². The van der Waals surface area contributed by atoms with Crippen molar-refractivity contribution in [1.29, 1.82) is 0 Å². The fraction of sp³-hybridized carbons (Fsp3) is 0.857. The molecule has 0 fully saturated rings. The zero-order valence-electron chi connectivity index (χ0n) is 6.03. The maximum Gasteiger partial charge on any atom is 0.0598 e. The summed E-state index contributed by atoms with van der Waals surface area (Å²) < 4.78 is 5.32. The van der Waals surface area contributed by atoms with Crippen molar-refractivity contribution >= 4 is 0 Å². The Kier molecular flexibility index (Phi) is 3.06. The van der Waals surface area contributed by atoms with Gasteiger partial charge in [-0.25, -0.2) is 0 Å². The summed E-state index contributed by atoms with van der Waals surface area (Å²) in [5, 5.41) is 0. The van der Waals surface area contributed by atoms with Gasteiger partial charge in [-0.3, -0.25) is 0 Å². The zero-order valence-corrected chi connectivity index (χ0v) is 6.03. The quantitative estimate of drug-likeness (QED) is 0.535. The molecule has 1 radical (unpaired) electrons. The average molecular weight is 115 g/mol. The lowest BCUT2D eigenvalue weighted by Crippen LogP contribution is -2.19. The molecule has 0 heterocycles. The van der Waals surface area contributed by atoms with Crippen LogP contribution in [0.4, 0.5) is 0 Å². The van der Waals surface area contributed by atoms with Crippen molar-refractivity contribution < 1.29 is 4.74 Å². The molecule has 0 saturated carbocycles. The first-order chi connectivity index (χ1) is 3.56. The minimum Gasteiger partial charge on any atom is -0.376 e. The van der Waals surface area contributed by atoms with E-state index in [1.165, 1.54) is 0 Å². The third-order valence-corrected chi connectivity index (χ3v) is 0.679. The van der Waals surface area contributed by atoms with Gasteiger partial charge in [-0.15, -0.1) is 0 Å². The Labute approximate surface area is 52.0 Å². The highest BCUT2D eigenvalue weighted by Gasteiger charge is 2.07. The summed E-state index contributed by atoms with van der Waals surface area (Å²) in [7, 11) is 0. The van der Waals surface area contributed by atoms with Crippen LogP contribution in [0, 0.1) is 6.92 Å². The topological polar surface area (TPSA) is 9.23 Å². The minimum absolute atomic E-state index is 0.0116. The molecule has 0 rings (SSSR count). The van der Waals surface area contributed by atoms with E-state index in [2.05, 4.69) is 6.92 Å². The molecular weight excluding hydrogens is 100 g/mol. The number of hydrogen-bond donors (Lipinski definition) is 0. The van der Waals surface area contributed by atoms with Crippen LogP contribution in [0.3, 0.4) is 0 Å². The number of hydrogen-bond acceptors (Lipinski definition) is 1. The van der Waals surface area contributed by atoms with Gasteiger partial charge in [0, 0.05) is 6.61 Å². The van der Waals surface area contributed by atoms with Gasteiger partial charge >= 0.3 is 0 Å². The second kappa shape index (κ2) is 3.08. The molecule has 0 atom stereocenters. The standard InChI is InChI=1S/C7H15O/c1-5-6-8-7(2,3)4/h1,5-6H2,2-4H3.